The summed E-state index contributed by atoms with van der Waals surface area (Å²) in [6.07, 6.45) is 1.88. The van der Waals surface area contributed by atoms with E-state index in [0.717, 1.165) is 5.56 Å². The fraction of sp³-hybridized carbons (Fsp3) is 0.353. The molecule has 24 heavy (non-hydrogen) atoms. The van der Waals surface area contributed by atoms with E-state index in [4.69, 9.17) is 16.0 Å². The topological polar surface area (TPSA) is 62.5 Å². The Morgan fingerprint density at radius 2 is 1.83 bits per heavy atom. The minimum Gasteiger partial charge on any atom is -0.408 e. The number of aromatic nitrogens is 2. The highest BCUT2D eigenvalue weighted by Gasteiger charge is 2.24. The van der Waals surface area contributed by atoms with Gasteiger partial charge in [-0.2, -0.15) is 0 Å². The van der Waals surface area contributed by atoms with Crippen LogP contribution in [0.15, 0.2) is 34.3 Å². The number of piperazine rings is 1. The van der Waals surface area contributed by atoms with E-state index in [0.29, 0.717) is 48.7 Å². The number of carbonyl (C=O) groups excluding carboxylic acids is 1. The Hall–Kier alpha value is -2.34. The van der Waals surface area contributed by atoms with Crippen molar-refractivity contribution >= 4 is 29.6 Å². The van der Waals surface area contributed by atoms with E-state index in [1.807, 2.05) is 47.1 Å². The summed E-state index contributed by atoms with van der Waals surface area (Å²) in [5.74, 6) is 0.594. The number of hydrogen-bond donors (Lipinski definition) is 0. The van der Waals surface area contributed by atoms with Crippen LogP contribution in [0, 0.1) is 6.92 Å². The van der Waals surface area contributed by atoms with Gasteiger partial charge in [-0.25, -0.2) is 0 Å². The molecule has 2 aromatic rings. The molecule has 0 aliphatic carbocycles. The Balaban J connectivity index is 1.61. The van der Waals surface area contributed by atoms with Crippen LogP contribution >= 0.6 is 11.6 Å². The zero-order valence-corrected chi connectivity index (χ0v) is 14.5. The average Bonchev–Trinajstić information content (AvgIpc) is 3.03. The molecule has 1 amide bonds. The van der Waals surface area contributed by atoms with Gasteiger partial charge in [-0.3, -0.25) is 4.79 Å². The average molecular weight is 347 g/mol. The molecule has 1 saturated heterocycles. The second-order valence-electron chi connectivity index (χ2n) is 5.76. The summed E-state index contributed by atoms with van der Waals surface area (Å²) in [4.78, 5) is 16.4. The lowest BCUT2D eigenvalue weighted by molar-refractivity contribution is -0.127. The molecule has 126 valence electrons. The first kappa shape index (κ1) is 16.5. The summed E-state index contributed by atoms with van der Waals surface area (Å²) in [6, 6.07) is 7.95. The molecule has 1 aliphatic rings. The van der Waals surface area contributed by atoms with Crippen molar-refractivity contribution in [3.8, 4) is 0 Å². The molecule has 0 atom stereocenters. The molecule has 3 rings (SSSR count). The molecule has 1 fully saturated rings. The largest absolute Gasteiger partial charge is 0.408 e. The molecule has 0 radical (unpaired) electrons. The molecular weight excluding hydrogens is 328 g/mol. The van der Waals surface area contributed by atoms with E-state index in [2.05, 4.69) is 10.2 Å². The number of halogens is 1. The number of carbonyl (C=O) groups is 1. The highest BCUT2D eigenvalue weighted by molar-refractivity contribution is 6.30. The fourth-order valence-electron chi connectivity index (χ4n) is 2.63. The lowest BCUT2D eigenvalue weighted by Gasteiger charge is -2.33. The van der Waals surface area contributed by atoms with Gasteiger partial charge in [0.15, 0.2) is 0 Å². The third-order valence-electron chi connectivity index (χ3n) is 3.94. The smallest absolute Gasteiger partial charge is 0.318 e. The summed E-state index contributed by atoms with van der Waals surface area (Å²) >= 11 is 5.88. The van der Waals surface area contributed by atoms with Gasteiger partial charge < -0.3 is 14.2 Å². The first-order valence-corrected chi connectivity index (χ1v) is 8.19. The predicted octanol–water partition coefficient (Wildman–Crippen LogP) is 2.78. The van der Waals surface area contributed by atoms with Crippen molar-refractivity contribution in [2.75, 3.05) is 31.1 Å². The van der Waals surface area contributed by atoms with Crippen LogP contribution in [0.2, 0.25) is 5.02 Å². The highest BCUT2D eigenvalue weighted by atomic mass is 35.5. The van der Waals surface area contributed by atoms with Crippen molar-refractivity contribution in [2.45, 2.75) is 13.8 Å². The number of amides is 1. The van der Waals surface area contributed by atoms with E-state index >= 15 is 0 Å². The number of hydrogen-bond acceptors (Lipinski definition) is 5. The Kier molecular flexibility index (Phi) is 4.85. The van der Waals surface area contributed by atoms with Crippen LogP contribution in [0.3, 0.4) is 0 Å². The first-order valence-electron chi connectivity index (χ1n) is 7.81. The van der Waals surface area contributed by atoms with Crippen molar-refractivity contribution in [1.82, 2.24) is 15.1 Å². The van der Waals surface area contributed by atoms with Crippen LogP contribution in [-0.2, 0) is 4.79 Å². The van der Waals surface area contributed by atoms with Crippen molar-refractivity contribution in [2.24, 2.45) is 0 Å². The van der Waals surface area contributed by atoms with Crippen LogP contribution in [0.4, 0.5) is 6.01 Å². The zero-order valence-electron chi connectivity index (χ0n) is 13.7. The van der Waals surface area contributed by atoms with Crippen LogP contribution in [-0.4, -0.2) is 47.2 Å². The van der Waals surface area contributed by atoms with Crippen LogP contribution < -0.4 is 4.90 Å². The molecule has 1 aromatic heterocycles. The molecule has 0 unspecified atom stereocenters. The highest BCUT2D eigenvalue weighted by Crippen LogP contribution is 2.17. The van der Waals surface area contributed by atoms with E-state index in [9.17, 15) is 4.79 Å². The lowest BCUT2D eigenvalue weighted by Crippen LogP contribution is -2.49. The quantitative estimate of drug-likeness (QED) is 0.800. The molecule has 6 nitrogen and oxygen atoms in total. The second kappa shape index (κ2) is 7.05. The SMILES string of the molecule is C/C(=C\c1ccc(Cl)cc1)C(=O)N1CCN(c2nnc(C)o2)CC1. The Morgan fingerprint density at radius 1 is 1.17 bits per heavy atom. The number of anilines is 1. The normalized spacial score (nSPS) is 15.7. The molecule has 0 saturated carbocycles. The molecule has 7 heteroatoms. The molecule has 1 aliphatic heterocycles. The monoisotopic (exact) mass is 346 g/mol. The van der Waals surface area contributed by atoms with Gasteiger partial charge in [0.2, 0.25) is 11.8 Å². The standard InChI is InChI=1S/C17H19ClN4O2/c1-12(11-14-3-5-15(18)6-4-14)16(23)21-7-9-22(10-8-21)17-20-19-13(2)24-17/h3-6,11H,7-10H2,1-2H3/b12-11+. The number of benzene rings is 1. The summed E-state index contributed by atoms with van der Waals surface area (Å²) < 4.78 is 5.43. The van der Waals surface area contributed by atoms with Gasteiger partial charge >= 0.3 is 6.01 Å². The summed E-state index contributed by atoms with van der Waals surface area (Å²) in [6.45, 7) is 6.23. The van der Waals surface area contributed by atoms with E-state index in [-0.39, 0.29) is 5.91 Å². The minimum absolute atomic E-state index is 0.0475. The number of rotatable bonds is 3. The minimum atomic E-state index is 0.0475. The van der Waals surface area contributed by atoms with Gasteiger partial charge in [0.05, 0.1) is 0 Å². The van der Waals surface area contributed by atoms with Crippen molar-refractivity contribution < 1.29 is 9.21 Å². The van der Waals surface area contributed by atoms with Gasteiger partial charge in [0, 0.05) is 43.7 Å². The summed E-state index contributed by atoms with van der Waals surface area (Å²) in [5, 5.41) is 8.54. The second-order valence-corrected chi connectivity index (χ2v) is 6.20. The predicted molar refractivity (Wildman–Crippen MR) is 92.9 cm³/mol. The Morgan fingerprint density at radius 3 is 2.42 bits per heavy atom. The third kappa shape index (κ3) is 3.76. The van der Waals surface area contributed by atoms with Gasteiger partial charge in [-0.1, -0.05) is 28.8 Å². The van der Waals surface area contributed by atoms with Crippen molar-refractivity contribution in [3.63, 3.8) is 0 Å². The van der Waals surface area contributed by atoms with E-state index in [1.54, 1.807) is 6.92 Å². The van der Waals surface area contributed by atoms with Crippen LogP contribution in [0.5, 0.6) is 0 Å². The van der Waals surface area contributed by atoms with Gasteiger partial charge in [-0.05, 0) is 30.7 Å². The van der Waals surface area contributed by atoms with Gasteiger partial charge in [0.1, 0.15) is 0 Å². The van der Waals surface area contributed by atoms with E-state index in [1.165, 1.54) is 0 Å². The maximum atomic E-state index is 12.6. The molecule has 1 aromatic carbocycles. The number of aryl methyl sites for hydroxylation is 1. The molecular formula is C17H19ClN4O2. The lowest BCUT2D eigenvalue weighted by atomic mass is 10.1. The Bertz CT molecular complexity index is 746. The maximum Gasteiger partial charge on any atom is 0.318 e. The number of nitrogens with zero attached hydrogens (tertiary/aromatic N) is 4. The molecule has 0 bridgehead atoms. The zero-order chi connectivity index (χ0) is 17.1. The van der Waals surface area contributed by atoms with Crippen molar-refractivity contribution in [1.29, 1.82) is 0 Å². The first-order chi connectivity index (χ1) is 11.5. The van der Waals surface area contributed by atoms with Crippen LogP contribution in [0.1, 0.15) is 18.4 Å². The van der Waals surface area contributed by atoms with Gasteiger partial charge in [-0.15, -0.1) is 5.10 Å². The maximum absolute atomic E-state index is 12.6. The van der Waals surface area contributed by atoms with E-state index < -0.39 is 0 Å². The molecule has 2 heterocycles. The summed E-state index contributed by atoms with van der Waals surface area (Å²) in [7, 11) is 0. The fourth-order valence-corrected chi connectivity index (χ4v) is 2.76. The van der Waals surface area contributed by atoms with Gasteiger partial charge in [0.25, 0.3) is 0 Å². The molecule has 0 N–H and O–H groups in total. The Labute approximate surface area is 145 Å². The molecule has 0 spiro atoms. The van der Waals surface area contributed by atoms with Crippen molar-refractivity contribution in [3.05, 3.63) is 46.3 Å². The summed E-state index contributed by atoms with van der Waals surface area (Å²) in [5.41, 5.74) is 1.67. The third-order valence-corrected chi connectivity index (χ3v) is 4.20. The van der Waals surface area contributed by atoms with Crippen LogP contribution in [0.25, 0.3) is 6.08 Å².